The summed E-state index contributed by atoms with van der Waals surface area (Å²) >= 11 is 0. The molecule has 0 bridgehead atoms. The number of para-hydroxylation sites is 1. The third kappa shape index (κ3) is 11.6. The summed E-state index contributed by atoms with van der Waals surface area (Å²) in [6.45, 7) is 6.63. The molecule has 0 aliphatic heterocycles. The number of aromatic nitrogens is 1. The molecule has 0 aliphatic carbocycles. The Morgan fingerprint density at radius 3 is 2.28 bits per heavy atom. The first kappa shape index (κ1) is 41.4. The van der Waals surface area contributed by atoms with Gasteiger partial charge in [-0.15, -0.1) is 0 Å². The van der Waals surface area contributed by atoms with Crippen molar-refractivity contribution in [2.45, 2.75) is 45.1 Å². The van der Waals surface area contributed by atoms with E-state index in [9.17, 15) is 19.5 Å². The Bertz CT molecular complexity index is 2330. The summed E-state index contributed by atoms with van der Waals surface area (Å²) in [5, 5.41) is 21.0. The molecule has 6 aromatic rings. The molecule has 0 saturated heterocycles. The van der Waals surface area contributed by atoms with Crippen molar-refractivity contribution >= 4 is 28.6 Å². The summed E-state index contributed by atoms with van der Waals surface area (Å²) in [4.78, 5) is 42.9. The van der Waals surface area contributed by atoms with Gasteiger partial charge >= 0.3 is 6.09 Å². The molecule has 1 aromatic heterocycles. The maximum Gasteiger partial charge on any atom is 0.412 e. The number of hydrogen-bond acceptors (Lipinski definition) is 8. The van der Waals surface area contributed by atoms with E-state index in [1.807, 2.05) is 124 Å². The van der Waals surface area contributed by atoms with E-state index in [1.54, 1.807) is 24.3 Å². The fraction of sp³-hybridized carbons (Fsp3) is 0.255. The molecule has 5 aromatic carbocycles. The van der Waals surface area contributed by atoms with Crippen molar-refractivity contribution in [2.75, 3.05) is 38.5 Å². The Kier molecular flexibility index (Phi) is 14.1. The number of pyridine rings is 1. The molecule has 6 rings (SSSR count). The smallest absolute Gasteiger partial charge is 0.412 e. The SMILES string of the molecule is CN(CCNC(=O)c1ccc(CNC[C@H](O)c2ccc(OCc3ccccc3)c3[nH]c(=O)ccc23)cc1)CCC(C)(C)OC(=O)Nc1ccccc1-c1ccccc1. The number of likely N-dealkylation sites (N-methyl/N-ethyl adjacent to an activating group) is 1. The van der Waals surface area contributed by atoms with Crippen molar-refractivity contribution in [3.8, 4) is 16.9 Å². The number of nitrogens with zero attached hydrogens (tertiary/aromatic N) is 1. The van der Waals surface area contributed by atoms with Crippen LogP contribution in [-0.2, 0) is 17.9 Å². The maximum absolute atomic E-state index is 12.9. The molecule has 58 heavy (non-hydrogen) atoms. The van der Waals surface area contributed by atoms with Crippen LogP contribution in [-0.4, -0.2) is 65.8 Å². The van der Waals surface area contributed by atoms with Crippen molar-refractivity contribution in [1.82, 2.24) is 20.5 Å². The fourth-order valence-electron chi connectivity index (χ4n) is 6.56. The van der Waals surface area contributed by atoms with E-state index >= 15 is 0 Å². The number of benzene rings is 5. The van der Waals surface area contributed by atoms with E-state index in [1.165, 1.54) is 6.07 Å². The van der Waals surface area contributed by atoms with Crippen molar-refractivity contribution in [1.29, 1.82) is 0 Å². The van der Waals surface area contributed by atoms with Crippen LogP contribution in [0.2, 0.25) is 0 Å². The molecule has 0 aliphatic rings. The Morgan fingerprint density at radius 1 is 0.810 bits per heavy atom. The largest absolute Gasteiger partial charge is 0.487 e. The first-order chi connectivity index (χ1) is 28.0. The zero-order chi connectivity index (χ0) is 40.9. The Labute approximate surface area is 339 Å². The minimum Gasteiger partial charge on any atom is -0.487 e. The molecule has 11 heteroatoms. The number of aromatic amines is 1. The second-order valence-corrected chi connectivity index (χ2v) is 14.9. The van der Waals surface area contributed by atoms with E-state index in [0.717, 1.165) is 22.3 Å². The molecule has 0 saturated carbocycles. The third-order valence-corrected chi connectivity index (χ3v) is 9.86. The molecule has 0 fully saturated rings. The number of aliphatic hydroxyl groups excluding tert-OH is 1. The van der Waals surface area contributed by atoms with Gasteiger partial charge in [-0.2, -0.15) is 0 Å². The van der Waals surface area contributed by atoms with Gasteiger partial charge in [0.05, 0.1) is 17.3 Å². The van der Waals surface area contributed by atoms with Crippen LogP contribution in [0.5, 0.6) is 5.75 Å². The molecular weight excluding hydrogens is 731 g/mol. The van der Waals surface area contributed by atoms with Crippen molar-refractivity contribution in [2.24, 2.45) is 0 Å². The van der Waals surface area contributed by atoms with Crippen LogP contribution in [0.25, 0.3) is 22.0 Å². The van der Waals surface area contributed by atoms with E-state index in [2.05, 4.69) is 25.8 Å². The lowest BCUT2D eigenvalue weighted by Crippen LogP contribution is -2.37. The summed E-state index contributed by atoms with van der Waals surface area (Å²) in [6.07, 6.45) is -0.750. The number of rotatable bonds is 18. The van der Waals surface area contributed by atoms with Crippen LogP contribution in [0, 0.1) is 0 Å². The third-order valence-electron chi connectivity index (χ3n) is 9.86. The normalized spacial score (nSPS) is 11.9. The van der Waals surface area contributed by atoms with Gasteiger partial charge in [-0.3, -0.25) is 14.9 Å². The van der Waals surface area contributed by atoms with Crippen LogP contribution in [0.3, 0.4) is 0 Å². The van der Waals surface area contributed by atoms with Gasteiger partial charge in [-0.25, -0.2) is 4.79 Å². The number of ether oxygens (including phenoxy) is 2. The number of carbonyl (C=O) groups excluding carboxylic acids is 2. The number of hydrogen-bond donors (Lipinski definition) is 5. The van der Waals surface area contributed by atoms with Gasteiger partial charge in [0.25, 0.3) is 5.91 Å². The molecule has 1 heterocycles. The monoisotopic (exact) mass is 781 g/mol. The van der Waals surface area contributed by atoms with Gasteiger partial charge in [-0.05, 0) is 79.9 Å². The van der Waals surface area contributed by atoms with Crippen LogP contribution in [0.4, 0.5) is 10.5 Å². The molecule has 0 spiro atoms. The lowest BCUT2D eigenvalue weighted by molar-refractivity contribution is 0.0358. The number of anilines is 1. The highest BCUT2D eigenvalue weighted by atomic mass is 16.6. The Balaban J connectivity index is 0.907. The summed E-state index contributed by atoms with van der Waals surface area (Å²) in [6, 6.07) is 41.4. The van der Waals surface area contributed by atoms with Crippen molar-refractivity contribution in [3.05, 3.63) is 166 Å². The van der Waals surface area contributed by atoms with E-state index in [4.69, 9.17) is 9.47 Å². The summed E-state index contributed by atoms with van der Waals surface area (Å²) in [5.41, 5.74) is 5.37. The lowest BCUT2D eigenvalue weighted by atomic mass is 10.0. The highest BCUT2D eigenvalue weighted by Gasteiger charge is 2.24. The van der Waals surface area contributed by atoms with Crippen LogP contribution >= 0.6 is 0 Å². The van der Waals surface area contributed by atoms with Gasteiger partial charge in [0.2, 0.25) is 5.56 Å². The number of H-pyrrole nitrogens is 1. The summed E-state index contributed by atoms with van der Waals surface area (Å²) in [5.74, 6) is 0.368. The van der Waals surface area contributed by atoms with Crippen molar-refractivity contribution in [3.63, 3.8) is 0 Å². The number of carbonyl (C=O) groups is 2. The minimum absolute atomic E-state index is 0.166. The second-order valence-electron chi connectivity index (χ2n) is 14.9. The first-order valence-electron chi connectivity index (χ1n) is 19.5. The number of nitrogens with one attached hydrogen (secondary N) is 4. The van der Waals surface area contributed by atoms with Gasteiger partial charge in [0, 0.05) is 55.3 Å². The predicted octanol–water partition coefficient (Wildman–Crippen LogP) is 7.68. The van der Waals surface area contributed by atoms with Crippen LogP contribution < -0.4 is 26.2 Å². The van der Waals surface area contributed by atoms with Gasteiger partial charge in [0.15, 0.2) is 0 Å². The molecule has 2 amide bonds. The van der Waals surface area contributed by atoms with E-state index < -0.39 is 17.8 Å². The zero-order valence-corrected chi connectivity index (χ0v) is 33.2. The molecule has 1 atom stereocenters. The van der Waals surface area contributed by atoms with Gasteiger partial charge in [-0.1, -0.05) is 97.1 Å². The highest BCUT2D eigenvalue weighted by molar-refractivity contribution is 5.94. The topological polar surface area (TPSA) is 145 Å². The van der Waals surface area contributed by atoms with Gasteiger partial charge in [0.1, 0.15) is 18.0 Å². The number of aliphatic hydroxyl groups is 1. The van der Waals surface area contributed by atoms with Gasteiger partial charge < -0.3 is 35.1 Å². The molecular formula is C47H51N5O6. The zero-order valence-electron chi connectivity index (χ0n) is 33.2. The number of amides is 2. The molecule has 0 unspecified atom stereocenters. The Hall–Kier alpha value is -6.27. The van der Waals surface area contributed by atoms with E-state index in [0.29, 0.717) is 72.7 Å². The summed E-state index contributed by atoms with van der Waals surface area (Å²) < 4.78 is 11.9. The van der Waals surface area contributed by atoms with Crippen LogP contribution in [0.1, 0.15) is 53.4 Å². The molecule has 5 N–H and O–H groups in total. The second kappa shape index (κ2) is 19.7. The Morgan fingerprint density at radius 2 is 1.52 bits per heavy atom. The standard InChI is InChI=1S/C47H51N5O6/c1-47(2,58-46(56)50-40-17-11-10-16-37(40)35-14-8-5-9-15-35)26-28-52(3)29-27-49-45(55)36-20-18-33(19-21-36)30-48-31-41(53)38-22-24-42(44-39(38)23-25-43(54)51-44)57-32-34-12-6-4-7-13-34/h4-25,41,48,53H,26-32H2,1-3H3,(H,49,55)(H,50,56)(H,51,54)/t41-/m0/s1. The maximum atomic E-state index is 12.9. The molecule has 0 radical (unpaired) electrons. The average Bonchev–Trinajstić information content (AvgIpc) is 3.23. The quantitative estimate of drug-likeness (QED) is 0.0598. The highest BCUT2D eigenvalue weighted by Crippen LogP contribution is 2.31. The molecule has 300 valence electrons. The van der Waals surface area contributed by atoms with Crippen molar-refractivity contribution < 1.29 is 24.2 Å². The lowest BCUT2D eigenvalue weighted by Gasteiger charge is -2.28. The average molecular weight is 782 g/mol. The molecule has 11 nitrogen and oxygen atoms in total. The number of fused-ring (bicyclic) bond motifs is 1. The summed E-state index contributed by atoms with van der Waals surface area (Å²) in [7, 11) is 1.97. The van der Waals surface area contributed by atoms with Crippen LogP contribution in [0.15, 0.2) is 138 Å². The predicted molar refractivity (Wildman–Crippen MR) is 229 cm³/mol. The van der Waals surface area contributed by atoms with E-state index in [-0.39, 0.29) is 18.0 Å². The first-order valence-corrected chi connectivity index (χ1v) is 19.5. The fourth-order valence-corrected chi connectivity index (χ4v) is 6.56. The minimum atomic E-state index is -0.841.